The van der Waals surface area contributed by atoms with E-state index in [-0.39, 0.29) is 35.7 Å². The number of allylic oxidation sites excluding steroid dienone is 2. The predicted octanol–water partition coefficient (Wildman–Crippen LogP) is 1.52. The van der Waals surface area contributed by atoms with E-state index in [1.54, 1.807) is 12.1 Å². The molecule has 1 saturated heterocycles. The van der Waals surface area contributed by atoms with Crippen molar-refractivity contribution < 1.29 is 64.0 Å². The molecule has 13 nitrogen and oxygen atoms in total. The molecule has 2 heterocycles. The molecule has 2 aromatic rings. The van der Waals surface area contributed by atoms with Gasteiger partial charge in [-0.2, -0.15) is 0 Å². The maximum Gasteiger partial charge on any atom is 0.317 e. The highest BCUT2D eigenvalue weighted by Gasteiger charge is 2.46. The number of carbonyl (C=O) groups excluding carboxylic acids is 2. The molecule has 1 fully saturated rings. The van der Waals surface area contributed by atoms with Gasteiger partial charge in [-0.15, -0.1) is 0 Å². The number of benzene rings is 2. The summed E-state index contributed by atoms with van der Waals surface area (Å²) < 4.78 is 22.5. The van der Waals surface area contributed by atoms with Gasteiger partial charge in [-0.3, -0.25) is 14.4 Å². The second kappa shape index (κ2) is 12.8. The summed E-state index contributed by atoms with van der Waals surface area (Å²) in [6.07, 6.45) is -8.15. The number of carboxylic acid groups (broad SMARTS) is 1. The molecule has 42 heavy (non-hydrogen) atoms. The number of esters is 1. The van der Waals surface area contributed by atoms with Crippen LogP contribution in [0, 0.1) is 0 Å². The largest absolute Gasteiger partial charge is 0.508 e. The maximum atomic E-state index is 13.2. The highest BCUT2D eigenvalue weighted by molar-refractivity contribution is 6.03. The van der Waals surface area contributed by atoms with Gasteiger partial charge in [0.1, 0.15) is 72.1 Å². The first kappa shape index (κ1) is 30.8. The summed E-state index contributed by atoms with van der Waals surface area (Å²) in [5, 5.41) is 60.6. The fourth-order valence-electron chi connectivity index (χ4n) is 4.62. The van der Waals surface area contributed by atoms with E-state index in [1.807, 2.05) is 19.9 Å². The standard InChI is InChI=1S/C29H32O13/c1-13(2)3-8-16-20(41-29-27(38)26(37)25(36)21(42-29)12-39-23(35)11-22(33)34)10-18(32)24-17(31)9-19(40-28(16)24)14-4-6-15(30)7-5-14/h3-7,10,19,21,25-27,29-30,32,36-38H,8-9,11-12H2,1-2H3,(H,33,34)/t19-,21+,25+,26-,27+,29+/m0/s1. The van der Waals surface area contributed by atoms with Crippen LogP contribution in [0.3, 0.4) is 0 Å². The van der Waals surface area contributed by atoms with Gasteiger partial charge >= 0.3 is 11.9 Å². The molecule has 4 rings (SSSR count). The number of phenols is 2. The van der Waals surface area contributed by atoms with Gasteiger partial charge in [-0.25, -0.2) is 0 Å². The molecule has 0 amide bonds. The van der Waals surface area contributed by atoms with Crippen LogP contribution in [0.5, 0.6) is 23.0 Å². The summed E-state index contributed by atoms with van der Waals surface area (Å²) in [6.45, 7) is 3.05. The molecule has 0 unspecified atom stereocenters. The molecular formula is C29H32O13. The Morgan fingerprint density at radius 1 is 1.05 bits per heavy atom. The third-order valence-electron chi connectivity index (χ3n) is 6.83. The molecule has 2 aliphatic rings. The van der Waals surface area contributed by atoms with E-state index in [0.29, 0.717) is 11.1 Å². The Kier molecular flexibility index (Phi) is 9.36. The number of hydrogen-bond donors (Lipinski definition) is 6. The number of aliphatic carboxylic acids is 1. The molecule has 6 N–H and O–H groups in total. The Morgan fingerprint density at radius 2 is 1.74 bits per heavy atom. The first-order chi connectivity index (χ1) is 19.8. The number of phenolic OH excluding ortho intramolecular Hbond substituents is 2. The second-order valence-electron chi connectivity index (χ2n) is 10.3. The van der Waals surface area contributed by atoms with Crippen molar-refractivity contribution in [2.24, 2.45) is 0 Å². The number of hydrogen-bond acceptors (Lipinski definition) is 12. The van der Waals surface area contributed by atoms with Crippen molar-refractivity contribution in [3.05, 3.63) is 58.7 Å². The Bertz CT molecular complexity index is 1360. The zero-order chi connectivity index (χ0) is 30.7. The van der Waals surface area contributed by atoms with E-state index in [1.165, 1.54) is 12.1 Å². The Labute approximate surface area is 240 Å². The lowest BCUT2D eigenvalue weighted by Gasteiger charge is -2.40. The van der Waals surface area contributed by atoms with Crippen LogP contribution in [-0.2, 0) is 25.5 Å². The molecule has 0 saturated carbocycles. The van der Waals surface area contributed by atoms with Crippen LogP contribution >= 0.6 is 0 Å². The van der Waals surface area contributed by atoms with Gasteiger partial charge < -0.3 is 49.6 Å². The smallest absolute Gasteiger partial charge is 0.317 e. The minimum absolute atomic E-state index is 0.0344. The SMILES string of the molecule is CC(C)=CCc1c(O[C@@H]2O[C@H](COC(=O)CC(=O)O)[C@@H](O)[C@H](O)[C@H]2O)cc(O)c2c1O[C@H](c1ccc(O)cc1)CC2=O. The number of aromatic hydroxyl groups is 2. The number of rotatable bonds is 9. The van der Waals surface area contributed by atoms with Crippen LogP contribution in [0.1, 0.15) is 54.3 Å². The zero-order valence-corrected chi connectivity index (χ0v) is 22.8. The number of Topliss-reactive ketones (excluding diaryl/α,β-unsaturated/α-hetero) is 1. The highest BCUT2D eigenvalue weighted by atomic mass is 16.7. The van der Waals surface area contributed by atoms with Gasteiger partial charge in [0.25, 0.3) is 0 Å². The molecule has 0 bridgehead atoms. The fraction of sp³-hybridized carbons (Fsp3) is 0.414. The monoisotopic (exact) mass is 588 g/mol. The lowest BCUT2D eigenvalue weighted by atomic mass is 9.92. The van der Waals surface area contributed by atoms with Crippen LogP contribution in [-0.4, -0.2) is 85.7 Å². The quantitative estimate of drug-likeness (QED) is 0.140. The summed E-state index contributed by atoms with van der Waals surface area (Å²) in [4.78, 5) is 35.6. The van der Waals surface area contributed by atoms with Crippen LogP contribution in [0.15, 0.2) is 42.0 Å². The van der Waals surface area contributed by atoms with Crippen molar-refractivity contribution in [1.82, 2.24) is 0 Å². The second-order valence-corrected chi connectivity index (χ2v) is 10.3. The van der Waals surface area contributed by atoms with Crippen LogP contribution in [0.2, 0.25) is 0 Å². The van der Waals surface area contributed by atoms with Crippen LogP contribution in [0.4, 0.5) is 0 Å². The normalized spacial score (nSPS) is 25.1. The minimum Gasteiger partial charge on any atom is -0.508 e. The molecule has 0 aromatic heterocycles. The summed E-state index contributed by atoms with van der Waals surface area (Å²) >= 11 is 0. The van der Waals surface area contributed by atoms with E-state index in [0.717, 1.165) is 11.6 Å². The first-order valence-electron chi connectivity index (χ1n) is 13.1. The first-order valence-corrected chi connectivity index (χ1v) is 13.1. The molecule has 2 aliphatic heterocycles. The van der Waals surface area contributed by atoms with Crippen molar-refractivity contribution in [1.29, 1.82) is 0 Å². The summed E-state index contributed by atoms with van der Waals surface area (Å²) in [7, 11) is 0. The molecule has 6 atom stereocenters. The number of aliphatic hydroxyl groups excluding tert-OH is 3. The lowest BCUT2D eigenvalue weighted by molar-refractivity contribution is -0.278. The van der Waals surface area contributed by atoms with Gasteiger partial charge in [0.2, 0.25) is 6.29 Å². The van der Waals surface area contributed by atoms with Crippen molar-refractivity contribution in [2.75, 3.05) is 6.61 Å². The van der Waals surface area contributed by atoms with E-state index >= 15 is 0 Å². The van der Waals surface area contributed by atoms with Crippen molar-refractivity contribution in [3.8, 4) is 23.0 Å². The molecule has 0 aliphatic carbocycles. The van der Waals surface area contributed by atoms with E-state index in [4.69, 9.17) is 24.1 Å². The van der Waals surface area contributed by atoms with E-state index < -0.39 is 73.3 Å². The molecule has 0 radical (unpaired) electrons. The number of aliphatic hydroxyl groups is 3. The van der Waals surface area contributed by atoms with Crippen LogP contribution < -0.4 is 9.47 Å². The summed E-state index contributed by atoms with van der Waals surface area (Å²) in [5.74, 6) is -3.37. The number of carbonyl (C=O) groups is 3. The third-order valence-corrected chi connectivity index (χ3v) is 6.83. The minimum atomic E-state index is -1.81. The Hall–Kier alpha value is -4.17. The third kappa shape index (κ3) is 6.82. The summed E-state index contributed by atoms with van der Waals surface area (Å²) in [6, 6.07) is 7.28. The molecule has 226 valence electrons. The van der Waals surface area contributed by atoms with E-state index in [2.05, 4.69) is 0 Å². The predicted molar refractivity (Wildman–Crippen MR) is 142 cm³/mol. The van der Waals surface area contributed by atoms with Crippen molar-refractivity contribution in [2.45, 2.75) is 69.9 Å². The molecule has 0 spiro atoms. The van der Waals surface area contributed by atoms with Crippen molar-refractivity contribution >= 4 is 17.7 Å². The van der Waals surface area contributed by atoms with Crippen molar-refractivity contribution in [3.63, 3.8) is 0 Å². The Morgan fingerprint density at radius 3 is 2.38 bits per heavy atom. The van der Waals surface area contributed by atoms with Gasteiger partial charge in [-0.1, -0.05) is 23.8 Å². The molecule has 2 aromatic carbocycles. The number of fused-ring (bicyclic) bond motifs is 1. The zero-order valence-electron chi connectivity index (χ0n) is 22.8. The van der Waals surface area contributed by atoms with Gasteiger partial charge in [-0.05, 0) is 38.0 Å². The van der Waals surface area contributed by atoms with Crippen LogP contribution in [0.25, 0.3) is 0 Å². The summed E-state index contributed by atoms with van der Waals surface area (Å²) in [5.41, 5.74) is 1.78. The Balaban J connectivity index is 1.67. The maximum absolute atomic E-state index is 13.2. The van der Waals surface area contributed by atoms with Gasteiger partial charge in [0.05, 0.1) is 6.42 Å². The lowest BCUT2D eigenvalue weighted by Crippen LogP contribution is -2.60. The molecule has 13 heteroatoms. The number of ether oxygens (including phenoxy) is 4. The molecular weight excluding hydrogens is 556 g/mol. The number of ketones is 1. The fourth-order valence-corrected chi connectivity index (χ4v) is 4.62. The van der Waals surface area contributed by atoms with Gasteiger partial charge in [0.15, 0.2) is 5.78 Å². The van der Waals surface area contributed by atoms with Gasteiger partial charge in [0, 0.05) is 11.6 Å². The average molecular weight is 589 g/mol. The topological polar surface area (TPSA) is 210 Å². The average Bonchev–Trinajstić information content (AvgIpc) is 2.91. The number of carboxylic acids is 1. The highest BCUT2D eigenvalue weighted by Crippen LogP contribution is 2.46. The van der Waals surface area contributed by atoms with E-state index in [9.17, 15) is 39.9 Å².